The molecule has 7 heteroatoms. The lowest BCUT2D eigenvalue weighted by Gasteiger charge is -2.32. The summed E-state index contributed by atoms with van der Waals surface area (Å²) in [6.07, 6.45) is 1.45. The van der Waals surface area contributed by atoms with Crippen LogP contribution in [0.2, 0.25) is 0 Å². The lowest BCUT2D eigenvalue weighted by molar-refractivity contribution is -0.159. The predicted molar refractivity (Wildman–Crippen MR) is 83.6 cm³/mol. The summed E-state index contributed by atoms with van der Waals surface area (Å²) in [4.78, 5) is 36.9. The van der Waals surface area contributed by atoms with Crippen LogP contribution in [0, 0.1) is 5.92 Å². The van der Waals surface area contributed by atoms with Gasteiger partial charge in [0.1, 0.15) is 5.92 Å². The van der Waals surface area contributed by atoms with Gasteiger partial charge < -0.3 is 19.5 Å². The van der Waals surface area contributed by atoms with Gasteiger partial charge in [0.15, 0.2) is 5.54 Å². The van der Waals surface area contributed by atoms with E-state index in [0.717, 1.165) is 5.56 Å². The van der Waals surface area contributed by atoms with E-state index in [4.69, 9.17) is 14.2 Å². The normalized spacial score (nSPS) is 22.1. The second kappa shape index (κ2) is 7.16. The molecule has 128 valence electrons. The Morgan fingerprint density at radius 3 is 2.25 bits per heavy atom. The SMILES string of the molecule is COC(=O)C1=CN[C@@](Cc2ccccc2)(C(=O)OC)[C@H]1C(=O)OC. The van der Waals surface area contributed by atoms with Crippen LogP contribution in [-0.4, -0.2) is 44.8 Å². The zero-order chi connectivity index (χ0) is 17.7. The number of carbonyl (C=O) groups is 3. The molecule has 2 atom stereocenters. The van der Waals surface area contributed by atoms with Gasteiger partial charge >= 0.3 is 17.9 Å². The molecular weight excluding hydrogens is 314 g/mol. The molecule has 0 aliphatic carbocycles. The third kappa shape index (κ3) is 2.97. The van der Waals surface area contributed by atoms with Crippen LogP contribution in [0.4, 0.5) is 0 Å². The molecule has 1 N–H and O–H groups in total. The van der Waals surface area contributed by atoms with E-state index in [2.05, 4.69) is 5.32 Å². The van der Waals surface area contributed by atoms with Crippen LogP contribution in [0.5, 0.6) is 0 Å². The van der Waals surface area contributed by atoms with Crippen LogP contribution in [-0.2, 0) is 35.0 Å². The first kappa shape index (κ1) is 17.5. The van der Waals surface area contributed by atoms with E-state index in [1.807, 2.05) is 30.3 Å². The van der Waals surface area contributed by atoms with E-state index in [1.165, 1.54) is 27.5 Å². The third-order valence-electron chi connectivity index (χ3n) is 4.02. The molecule has 7 nitrogen and oxygen atoms in total. The maximum Gasteiger partial charge on any atom is 0.336 e. The Balaban J connectivity index is 2.51. The zero-order valence-corrected chi connectivity index (χ0v) is 13.7. The number of nitrogens with one attached hydrogen (secondary N) is 1. The van der Waals surface area contributed by atoms with Gasteiger partial charge in [-0.25, -0.2) is 9.59 Å². The second-order valence-electron chi connectivity index (χ2n) is 5.32. The Bertz CT molecular complexity index is 669. The van der Waals surface area contributed by atoms with Crippen molar-refractivity contribution in [2.75, 3.05) is 21.3 Å². The highest BCUT2D eigenvalue weighted by Crippen LogP contribution is 2.36. The molecule has 0 radical (unpaired) electrons. The van der Waals surface area contributed by atoms with Crippen molar-refractivity contribution in [2.24, 2.45) is 5.92 Å². The number of carbonyl (C=O) groups excluding carboxylic acids is 3. The van der Waals surface area contributed by atoms with Crippen molar-refractivity contribution in [3.8, 4) is 0 Å². The van der Waals surface area contributed by atoms with Crippen molar-refractivity contribution in [3.05, 3.63) is 47.7 Å². The fraction of sp³-hybridized carbons (Fsp3) is 0.353. The standard InChI is InChI=1S/C17H19NO6/c1-22-14(19)12-10-18-17(16(21)24-3,13(12)15(20)23-2)9-11-7-5-4-6-8-11/h4-8,10,13,18H,9H2,1-3H3/t13-,17-/m1/s1. The number of esters is 3. The van der Waals surface area contributed by atoms with Crippen molar-refractivity contribution >= 4 is 17.9 Å². The van der Waals surface area contributed by atoms with E-state index in [9.17, 15) is 14.4 Å². The van der Waals surface area contributed by atoms with Crippen molar-refractivity contribution in [1.82, 2.24) is 5.32 Å². The largest absolute Gasteiger partial charge is 0.468 e. The van der Waals surface area contributed by atoms with Gasteiger partial charge in [-0.1, -0.05) is 30.3 Å². The summed E-state index contributed by atoms with van der Waals surface area (Å²) in [7, 11) is 3.62. The summed E-state index contributed by atoms with van der Waals surface area (Å²) in [5.41, 5.74) is -0.665. The average Bonchev–Trinajstić information content (AvgIpc) is 3.00. The van der Waals surface area contributed by atoms with Crippen molar-refractivity contribution in [1.29, 1.82) is 0 Å². The highest BCUT2D eigenvalue weighted by atomic mass is 16.5. The van der Waals surface area contributed by atoms with Gasteiger partial charge in [0.05, 0.1) is 26.9 Å². The molecule has 0 amide bonds. The lowest BCUT2D eigenvalue weighted by Crippen LogP contribution is -2.57. The molecule has 0 bridgehead atoms. The fourth-order valence-electron chi connectivity index (χ4n) is 2.88. The molecule has 2 rings (SSSR count). The third-order valence-corrected chi connectivity index (χ3v) is 4.02. The molecule has 1 aliphatic rings. The Labute approximate surface area is 139 Å². The molecular formula is C17H19NO6. The minimum atomic E-state index is -1.48. The zero-order valence-electron chi connectivity index (χ0n) is 13.7. The molecule has 1 heterocycles. The molecule has 1 aromatic carbocycles. The molecule has 0 saturated carbocycles. The van der Waals surface area contributed by atoms with Gasteiger partial charge in [-0.2, -0.15) is 0 Å². The van der Waals surface area contributed by atoms with Crippen LogP contribution >= 0.6 is 0 Å². The number of rotatable bonds is 5. The van der Waals surface area contributed by atoms with Crippen LogP contribution in [0.1, 0.15) is 5.56 Å². The van der Waals surface area contributed by atoms with Crippen LogP contribution in [0.3, 0.4) is 0 Å². The molecule has 24 heavy (non-hydrogen) atoms. The summed E-state index contributed by atoms with van der Waals surface area (Å²) in [5, 5.41) is 2.86. The van der Waals surface area contributed by atoms with E-state index < -0.39 is 29.4 Å². The Morgan fingerprint density at radius 1 is 1.04 bits per heavy atom. The number of ether oxygens (including phenoxy) is 3. The van der Waals surface area contributed by atoms with Gasteiger partial charge in [-0.3, -0.25) is 4.79 Å². The molecule has 0 spiro atoms. The number of methoxy groups -OCH3 is 3. The van der Waals surface area contributed by atoms with E-state index in [0.29, 0.717) is 0 Å². The van der Waals surface area contributed by atoms with Crippen LogP contribution in [0.25, 0.3) is 0 Å². The molecule has 0 aromatic heterocycles. The van der Waals surface area contributed by atoms with Crippen LogP contribution in [0.15, 0.2) is 42.1 Å². The number of hydrogen-bond acceptors (Lipinski definition) is 7. The van der Waals surface area contributed by atoms with E-state index >= 15 is 0 Å². The average molecular weight is 333 g/mol. The smallest absolute Gasteiger partial charge is 0.336 e. The number of benzene rings is 1. The fourth-order valence-corrected chi connectivity index (χ4v) is 2.88. The van der Waals surface area contributed by atoms with Crippen molar-refractivity contribution < 1.29 is 28.6 Å². The first-order valence-corrected chi connectivity index (χ1v) is 7.26. The first-order chi connectivity index (χ1) is 11.5. The van der Waals surface area contributed by atoms with E-state index in [1.54, 1.807) is 0 Å². The quantitative estimate of drug-likeness (QED) is 0.623. The van der Waals surface area contributed by atoms with E-state index in [-0.39, 0.29) is 12.0 Å². The van der Waals surface area contributed by atoms with Gasteiger partial charge in [-0.15, -0.1) is 0 Å². The predicted octanol–water partition coefficient (Wildman–Crippen LogP) is 0.590. The molecule has 0 fully saturated rings. The maximum atomic E-state index is 12.5. The first-order valence-electron chi connectivity index (χ1n) is 7.26. The van der Waals surface area contributed by atoms with Gasteiger partial charge in [0, 0.05) is 12.6 Å². The highest BCUT2D eigenvalue weighted by molar-refractivity contribution is 6.02. The summed E-state index contributed by atoms with van der Waals surface area (Å²) >= 11 is 0. The maximum absolute atomic E-state index is 12.5. The van der Waals surface area contributed by atoms with Crippen molar-refractivity contribution in [3.63, 3.8) is 0 Å². The second-order valence-corrected chi connectivity index (χ2v) is 5.32. The minimum absolute atomic E-state index is 0.0191. The molecule has 0 unspecified atom stereocenters. The lowest BCUT2D eigenvalue weighted by atomic mass is 9.77. The molecule has 1 aromatic rings. The summed E-state index contributed by atoms with van der Waals surface area (Å²) in [6, 6.07) is 9.11. The van der Waals surface area contributed by atoms with Gasteiger partial charge in [0.2, 0.25) is 0 Å². The Hall–Kier alpha value is -2.83. The Morgan fingerprint density at radius 2 is 1.71 bits per heavy atom. The number of hydrogen-bond donors (Lipinski definition) is 1. The van der Waals surface area contributed by atoms with Crippen molar-refractivity contribution in [2.45, 2.75) is 12.0 Å². The monoisotopic (exact) mass is 333 g/mol. The molecule has 1 aliphatic heterocycles. The summed E-state index contributed by atoms with van der Waals surface area (Å²) in [5.74, 6) is -3.28. The van der Waals surface area contributed by atoms with Crippen LogP contribution < -0.4 is 5.32 Å². The molecule has 0 saturated heterocycles. The summed E-state index contributed by atoms with van der Waals surface area (Å²) in [6.45, 7) is 0. The Kier molecular flexibility index (Phi) is 5.23. The highest BCUT2D eigenvalue weighted by Gasteiger charge is 2.57. The topological polar surface area (TPSA) is 90.9 Å². The van der Waals surface area contributed by atoms with Gasteiger partial charge in [-0.05, 0) is 5.56 Å². The minimum Gasteiger partial charge on any atom is -0.468 e. The van der Waals surface area contributed by atoms with Gasteiger partial charge in [0.25, 0.3) is 0 Å². The summed E-state index contributed by atoms with van der Waals surface area (Å²) < 4.78 is 14.4.